The van der Waals surface area contributed by atoms with Crippen molar-refractivity contribution in [2.24, 2.45) is 5.73 Å². The van der Waals surface area contributed by atoms with E-state index < -0.39 is 0 Å². The van der Waals surface area contributed by atoms with Crippen molar-refractivity contribution < 1.29 is 9.47 Å². The van der Waals surface area contributed by atoms with E-state index in [0.29, 0.717) is 12.3 Å². The number of nitrogens with two attached hydrogens (primary N) is 1. The Balaban J connectivity index is 2.18. The average molecular weight is 231 g/mol. The molecule has 2 aromatic rings. The molecule has 5 heteroatoms. The van der Waals surface area contributed by atoms with Crippen molar-refractivity contribution in [3.05, 3.63) is 42.2 Å². The van der Waals surface area contributed by atoms with Crippen molar-refractivity contribution in [2.75, 3.05) is 7.11 Å². The summed E-state index contributed by atoms with van der Waals surface area (Å²) >= 11 is 0. The van der Waals surface area contributed by atoms with Gasteiger partial charge in [-0.25, -0.2) is 4.98 Å². The molecule has 0 saturated heterocycles. The first-order valence-corrected chi connectivity index (χ1v) is 5.15. The predicted molar refractivity (Wildman–Crippen MR) is 63.0 cm³/mol. The van der Waals surface area contributed by atoms with E-state index in [4.69, 9.17) is 15.2 Å². The molecule has 17 heavy (non-hydrogen) atoms. The Morgan fingerprint density at radius 2 is 2.06 bits per heavy atom. The molecule has 0 atom stereocenters. The van der Waals surface area contributed by atoms with E-state index in [9.17, 15) is 0 Å². The van der Waals surface area contributed by atoms with Gasteiger partial charge in [-0.1, -0.05) is 6.07 Å². The van der Waals surface area contributed by atoms with Crippen LogP contribution in [0.3, 0.4) is 0 Å². The molecule has 0 amide bonds. The van der Waals surface area contributed by atoms with Crippen molar-refractivity contribution in [2.45, 2.75) is 6.54 Å². The highest BCUT2D eigenvalue weighted by Gasteiger charge is 2.02. The minimum absolute atomic E-state index is 0.279. The normalized spacial score (nSPS) is 10.0. The second-order valence-corrected chi connectivity index (χ2v) is 3.32. The summed E-state index contributed by atoms with van der Waals surface area (Å²) in [5, 5.41) is 0. The van der Waals surface area contributed by atoms with Crippen molar-refractivity contribution in [1.82, 2.24) is 9.97 Å². The number of ether oxygens (including phenoxy) is 2. The molecular formula is C12H13N3O2. The number of methoxy groups -OCH3 is 1. The van der Waals surface area contributed by atoms with Gasteiger partial charge in [0, 0.05) is 18.8 Å². The molecule has 0 unspecified atom stereocenters. The first-order valence-electron chi connectivity index (χ1n) is 5.15. The van der Waals surface area contributed by atoms with E-state index in [2.05, 4.69) is 9.97 Å². The quantitative estimate of drug-likeness (QED) is 0.867. The van der Waals surface area contributed by atoms with Crippen molar-refractivity contribution in [1.29, 1.82) is 0 Å². The molecule has 5 nitrogen and oxygen atoms in total. The summed E-state index contributed by atoms with van der Waals surface area (Å²) in [6, 6.07) is 9.27. The van der Waals surface area contributed by atoms with Gasteiger partial charge < -0.3 is 15.2 Å². The number of nitrogens with zero attached hydrogens (tertiary/aromatic N) is 2. The molecule has 0 aliphatic carbocycles. The second-order valence-electron chi connectivity index (χ2n) is 3.32. The molecule has 0 aliphatic rings. The van der Waals surface area contributed by atoms with E-state index in [1.807, 2.05) is 12.1 Å². The maximum Gasteiger partial charge on any atom is 0.322 e. The predicted octanol–water partition coefficient (Wildman–Crippen LogP) is 1.74. The number of hydrogen-bond donors (Lipinski definition) is 1. The van der Waals surface area contributed by atoms with E-state index in [0.717, 1.165) is 11.4 Å². The maximum absolute atomic E-state index is 5.51. The Labute approximate surface area is 99.2 Å². The molecule has 0 spiro atoms. The molecule has 1 aromatic carbocycles. The highest BCUT2D eigenvalue weighted by molar-refractivity contribution is 5.34. The van der Waals surface area contributed by atoms with Crippen molar-refractivity contribution in [3.63, 3.8) is 0 Å². The Kier molecular flexibility index (Phi) is 3.52. The highest BCUT2D eigenvalue weighted by atomic mass is 16.5. The zero-order valence-corrected chi connectivity index (χ0v) is 9.46. The monoisotopic (exact) mass is 231 g/mol. The van der Waals surface area contributed by atoms with Gasteiger partial charge in [-0.3, -0.25) is 0 Å². The van der Waals surface area contributed by atoms with Crippen LogP contribution in [0.1, 0.15) is 5.69 Å². The van der Waals surface area contributed by atoms with E-state index in [1.165, 1.54) is 0 Å². The largest absolute Gasteiger partial charge is 0.497 e. The van der Waals surface area contributed by atoms with Crippen LogP contribution in [0.25, 0.3) is 0 Å². The summed E-state index contributed by atoms with van der Waals surface area (Å²) in [6.07, 6.45) is 1.62. The van der Waals surface area contributed by atoms with Crippen molar-refractivity contribution >= 4 is 0 Å². The Hall–Kier alpha value is -2.14. The van der Waals surface area contributed by atoms with Gasteiger partial charge in [0.05, 0.1) is 12.8 Å². The van der Waals surface area contributed by atoms with Crippen LogP contribution in [-0.2, 0) is 6.54 Å². The van der Waals surface area contributed by atoms with E-state index in [-0.39, 0.29) is 6.01 Å². The van der Waals surface area contributed by atoms with Crippen LogP contribution in [0.15, 0.2) is 36.5 Å². The van der Waals surface area contributed by atoms with Crippen LogP contribution >= 0.6 is 0 Å². The lowest BCUT2D eigenvalue weighted by molar-refractivity contribution is 0.404. The summed E-state index contributed by atoms with van der Waals surface area (Å²) in [5.41, 5.74) is 6.23. The lowest BCUT2D eigenvalue weighted by atomic mass is 10.3. The minimum Gasteiger partial charge on any atom is -0.497 e. The van der Waals surface area contributed by atoms with Crippen LogP contribution in [0.5, 0.6) is 17.5 Å². The highest BCUT2D eigenvalue weighted by Crippen LogP contribution is 2.22. The molecule has 0 radical (unpaired) electrons. The summed E-state index contributed by atoms with van der Waals surface area (Å²) in [7, 11) is 1.60. The summed E-state index contributed by atoms with van der Waals surface area (Å²) < 4.78 is 10.6. The zero-order valence-electron chi connectivity index (χ0n) is 9.46. The van der Waals surface area contributed by atoms with Crippen LogP contribution in [0.2, 0.25) is 0 Å². The average Bonchev–Trinajstić information content (AvgIpc) is 2.39. The lowest BCUT2D eigenvalue weighted by Gasteiger charge is -2.06. The topological polar surface area (TPSA) is 70.3 Å². The Bertz CT molecular complexity index is 457. The third-order valence-corrected chi connectivity index (χ3v) is 2.15. The van der Waals surface area contributed by atoms with E-state index in [1.54, 1.807) is 31.5 Å². The summed E-state index contributed by atoms with van der Waals surface area (Å²) in [4.78, 5) is 8.15. The first kappa shape index (κ1) is 11.3. The van der Waals surface area contributed by atoms with Gasteiger partial charge in [-0.05, 0) is 18.2 Å². The smallest absolute Gasteiger partial charge is 0.322 e. The van der Waals surface area contributed by atoms with Gasteiger partial charge in [0.2, 0.25) is 0 Å². The third kappa shape index (κ3) is 2.92. The second kappa shape index (κ2) is 5.27. The summed E-state index contributed by atoms with van der Waals surface area (Å²) in [6.45, 7) is 0.358. The third-order valence-electron chi connectivity index (χ3n) is 2.15. The molecule has 1 aromatic heterocycles. The fourth-order valence-corrected chi connectivity index (χ4v) is 1.31. The van der Waals surface area contributed by atoms with Crippen LogP contribution in [-0.4, -0.2) is 17.1 Å². The van der Waals surface area contributed by atoms with Crippen LogP contribution < -0.4 is 15.2 Å². The number of rotatable bonds is 4. The number of aromatic nitrogens is 2. The molecule has 88 valence electrons. The fourth-order valence-electron chi connectivity index (χ4n) is 1.31. The number of hydrogen-bond acceptors (Lipinski definition) is 5. The van der Waals surface area contributed by atoms with Crippen LogP contribution in [0, 0.1) is 0 Å². The Morgan fingerprint density at radius 1 is 1.24 bits per heavy atom. The maximum atomic E-state index is 5.51. The Morgan fingerprint density at radius 3 is 2.82 bits per heavy atom. The van der Waals surface area contributed by atoms with Gasteiger partial charge in [0.1, 0.15) is 11.5 Å². The molecule has 0 bridgehead atoms. The van der Waals surface area contributed by atoms with Gasteiger partial charge in [0.15, 0.2) is 0 Å². The SMILES string of the molecule is COc1cccc(Oc2nccc(CN)n2)c1. The molecule has 2 N–H and O–H groups in total. The summed E-state index contributed by atoms with van der Waals surface area (Å²) in [5.74, 6) is 1.34. The van der Waals surface area contributed by atoms with Crippen LogP contribution in [0.4, 0.5) is 0 Å². The molecule has 0 aliphatic heterocycles. The molecular weight excluding hydrogens is 218 g/mol. The number of benzene rings is 1. The molecule has 0 fully saturated rings. The first-order chi connectivity index (χ1) is 8.31. The fraction of sp³-hybridized carbons (Fsp3) is 0.167. The molecule has 1 heterocycles. The van der Waals surface area contributed by atoms with Gasteiger partial charge in [-0.2, -0.15) is 4.98 Å². The van der Waals surface area contributed by atoms with Crippen molar-refractivity contribution in [3.8, 4) is 17.5 Å². The lowest BCUT2D eigenvalue weighted by Crippen LogP contribution is -2.01. The molecule has 2 rings (SSSR count). The van der Waals surface area contributed by atoms with Gasteiger partial charge in [-0.15, -0.1) is 0 Å². The minimum atomic E-state index is 0.279. The van der Waals surface area contributed by atoms with Gasteiger partial charge >= 0.3 is 6.01 Å². The van der Waals surface area contributed by atoms with E-state index >= 15 is 0 Å². The standard InChI is InChI=1S/C12H13N3O2/c1-16-10-3-2-4-11(7-10)17-12-14-6-5-9(8-13)15-12/h2-7H,8,13H2,1H3. The zero-order chi connectivity index (χ0) is 12.1. The van der Waals surface area contributed by atoms with Gasteiger partial charge in [0.25, 0.3) is 0 Å². The molecule has 0 saturated carbocycles.